The molecule has 4 N–H and O–H groups in total. The van der Waals surface area contributed by atoms with Crippen LogP contribution < -0.4 is 16.4 Å². The zero-order valence-electron chi connectivity index (χ0n) is 23.9. The van der Waals surface area contributed by atoms with Crippen LogP contribution in [0.15, 0.2) is 24.3 Å². The largest absolute Gasteiger partial charge is 0.376 e. The monoisotopic (exact) mass is 578 g/mol. The van der Waals surface area contributed by atoms with E-state index in [1.165, 1.54) is 12.1 Å². The van der Waals surface area contributed by atoms with E-state index in [9.17, 15) is 17.6 Å². The van der Waals surface area contributed by atoms with Crippen LogP contribution in [0.1, 0.15) is 83.1 Å². The van der Waals surface area contributed by atoms with Crippen molar-refractivity contribution < 1.29 is 22.3 Å². The molecule has 1 aromatic rings. The fourth-order valence-electron chi connectivity index (χ4n) is 7.87. The number of nitrogens with two attached hydrogens (primary N) is 1. The molecule has 1 aliphatic carbocycles. The topological polar surface area (TPSA) is 114 Å². The molecule has 0 spiro atoms. The molecule has 3 aliphatic heterocycles. The molecule has 2 bridgehead atoms. The Bertz CT molecular complexity index is 1110. The number of piperazine rings is 1. The second kappa shape index (κ2) is 12.7. The lowest BCUT2D eigenvalue weighted by atomic mass is 9.74. The number of nitrogens with zero attached hydrogens (tertiary/aromatic N) is 1. The lowest BCUT2D eigenvalue weighted by Crippen LogP contribution is -2.57. The molecule has 5 rings (SSSR count). The van der Waals surface area contributed by atoms with E-state index in [2.05, 4.69) is 24.5 Å². The Kier molecular flexibility index (Phi) is 9.51. The van der Waals surface area contributed by atoms with Crippen LogP contribution in [0.25, 0.3) is 0 Å². The Hall–Kier alpha value is -1.59. The van der Waals surface area contributed by atoms with Crippen molar-refractivity contribution >= 4 is 15.9 Å². The van der Waals surface area contributed by atoms with Crippen molar-refractivity contribution in [3.63, 3.8) is 0 Å². The number of benzene rings is 1. The first kappa shape index (κ1) is 29.9. The molecule has 10 atom stereocenters. The van der Waals surface area contributed by atoms with E-state index in [-0.39, 0.29) is 59.6 Å². The molecule has 10 heteroatoms. The molecule has 3 heterocycles. The van der Waals surface area contributed by atoms with E-state index < -0.39 is 16.1 Å². The van der Waals surface area contributed by atoms with Gasteiger partial charge in [-0.3, -0.25) is 4.79 Å². The van der Waals surface area contributed by atoms with Crippen LogP contribution >= 0.6 is 0 Å². The maximum absolute atomic E-state index is 13.8. The second-order valence-corrected chi connectivity index (χ2v) is 14.8. The van der Waals surface area contributed by atoms with Crippen molar-refractivity contribution in [3.05, 3.63) is 35.6 Å². The average molecular weight is 579 g/mol. The quantitative estimate of drug-likeness (QED) is 0.437. The maximum atomic E-state index is 13.8. The SMILES string of the molecule is C[C@@H]1CC(C(c2ccc(F)cc2)[C@H](N)C(=O)N[C@H]2CCC[C@@H]2CC[C@H]2CN[C@@H]3CCCS(=O)(=O)N2C3)C[C@H](C)O1. The molecular formula is C30H47FN4O4S. The fourth-order valence-corrected chi connectivity index (χ4v) is 9.68. The first-order chi connectivity index (χ1) is 19.1. The Morgan fingerprint density at radius 1 is 1.12 bits per heavy atom. The average Bonchev–Trinajstić information content (AvgIpc) is 3.30. The third-order valence-electron chi connectivity index (χ3n) is 9.81. The van der Waals surface area contributed by atoms with Gasteiger partial charge in [0.25, 0.3) is 0 Å². The summed E-state index contributed by atoms with van der Waals surface area (Å²) in [4.78, 5) is 13.7. The van der Waals surface area contributed by atoms with Crippen molar-refractivity contribution in [2.75, 3.05) is 18.8 Å². The van der Waals surface area contributed by atoms with Crippen molar-refractivity contribution in [1.82, 2.24) is 14.9 Å². The van der Waals surface area contributed by atoms with Gasteiger partial charge in [-0.05, 0) is 94.7 Å². The van der Waals surface area contributed by atoms with Crippen LogP contribution in [0.3, 0.4) is 0 Å². The molecule has 1 amide bonds. The van der Waals surface area contributed by atoms with Gasteiger partial charge in [0, 0.05) is 37.1 Å². The fraction of sp³-hybridized carbons (Fsp3) is 0.767. The predicted molar refractivity (Wildman–Crippen MR) is 154 cm³/mol. The number of halogens is 1. The number of carbonyl (C=O) groups is 1. The summed E-state index contributed by atoms with van der Waals surface area (Å²) < 4.78 is 47.2. The lowest BCUT2D eigenvalue weighted by molar-refractivity contribution is -0.125. The predicted octanol–water partition coefficient (Wildman–Crippen LogP) is 3.27. The van der Waals surface area contributed by atoms with Gasteiger partial charge in [-0.2, -0.15) is 4.31 Å². The minimum Gasteiger partial charge on any atom is -0.376 e. The summed E-state index contributed by atoms with van der Waals surface area (Å²) in [6.07, 6.45) is 7.99. The van der Waals surface area contributed by atoms with Crippen molar-refractivity contribution in [1.29, 1.82) is 0 Å². The number of nitrogens with one attached hydrogen (secondary N) is 2. The van der Waals surface area contributed by atoms with Crippen LogP contribution in [0.5, 0.6) is 0 Å². The van der Waals surface area contributed by atoms with Crippen molar-refractivity contribution in [2.24, 2.45) is 17.6 Å². The molecule has 3 unspecified atom stereocenters. The Balaban J connectivity index is 1.24. The first-order valence-corrected chi connectivity index (χ1v) is 16.9. The number of fused-ring (bicyclic) bond motifs is 2. The van der Waals surface area contributed by atoms with E-state index in [0.717, 1.165) is 56.9 Å². The third-order valence-corrected chi connectivity index (χ3v) is 11.8. The Labute approximate surface area is 239 Å². The van der Waals surface area contributed by atoms with Crippen LogP contribution in [0, 0.1) is 17.7 Å². The molecular weight excluding hydrogens is 531 g/mol. The van der Waals surface area contributed by atoms with Crippen LogP contribution in [-0.2, 0) is 19.6 Å². The number of hydrogen-bond donors (Lipinski definition) is 3. The highest BCUT2D eigenvalue weighted by molar-refractivity contribution is 7.89. The van der Waals surface area contributed by atoms with E-state index >= 15 is 0 Å². The molecule has 3 saturated heterocycles. The van der Waals surface area contributed by atoms with Gasteiger partial charge in [0.2, 0.25) is 15.9 Å². The Morgan fingerprint density at radius 2 is 1.85 bits per heavy atom. The summed E-state index contributed by atoms with van der Waals surface area (Å²) in [7, 11) is -3.21. The van der Waals surface area contributed by atoms with E-state index in [1.54, 1.807) is 16.4 Å². The summed E-state index contributed by atoms with van der Waals surface area (Å²) in [5.74, 6) is -0.000997. The van der Waals surface area contributed by atoms with Crippen molar-refractivity contribution in [3.8, 4) is 0 Å². The highest BCUT2D eigenvalue weighted by atomic mass is 32.2. The highest BCUT2D eigenvalue weighted by Gasteiger charge is 2.41. The molecule has 1 aromatic carbocycles. The maximum Gasteiger partial charge on any atom is 0.237 e. The second-order valence-electron chi connectivity index (χ2n) is 12.8. The third kappa shape index (κ3) is 6.89. The van der Waals surface area contributed by atoms with Gasteiger partial charge >= 0.3 is 0 Å². The molecule has 0 radical (unpaired) electrons. The minimum absolute atomic E-state index is 0.0288. The number of ether oxygens (including phenoxy) is 1. The molecule has 40 heavy (non-hydrogen) atoms. The zero-order chi connectivity index (χ0) is 28.4. The summed E-state index contributed by atoms with van der Waals surface area (Å²) in [5.41, 5.74) is 7.63. The summed E-state index contributed by atoms with van der Waals surface area (Å²) in [6.45, 7) is 5.37. The van der Waals surface area contributed by atoms with E-state index in [4.69, 9.17) is 10.5 Å². The van der Waals surface area contributed by atoms with Gasteiger partial charge in [0.15, 0.2) is 0 Å². The summed E-state index contributed by atoms with van der Waals surface area (Å²) in [6, 6.07) is 5.91. The van der Waals surface area contributed by atoms with Gasteiger partial charge < -0.3 is 21.1 Å². The minimum atomic E-state index is -3.21. The van der Waals surface area contributed by atoms with Gasteiger partial charge in [-0.15, -0.1) is 0 Å². The van der Waals surface area contributed by atoms with Gasteiger partial charge in [0.05, 0.1) is 24.0 Å². The highest BCUT2D eigenvalue weighted by Crippen LogP contribution is 2.39. The van der Waals surface area contributed by atoms with Gasteiger partial charge in [0.1, 0.15) is 5.82 Å². The van der Waals surface area contributed by atoms with E-state index in [0.29, 0.717) is 25.4 Å². The summed E-state index contributed by atoms with van der Waals surface area (Å²) in [5, 5.41) is 6.85. The normalized spacial score (nSPS) is 37.3. The number of carbonyl (C=O) groups excluding carboxylic acids is 1. The zero-order valence-corrected chi connectivity index (χ0v) is 24.8. The first-order valence-electron chi connectivity index (χ1n) is 15.3. The molecule has 224 valence electrons. The number of amides is 1. The molecule has 1 saturated carbocycles. The summed E-state index contributed by atoms with van der Waals surface area (Å²) >= 11 is 0. The van der Waals surface area contributed by atoms with Crippen LogP contribution in [0.2, 0.25) is 0 Å². The standard InChI is InChI=1S/C30H47FN4O4S/c1-19-15-23(16-20(2)39-19)28(22-8-11-24(31)12-9-22)29(32)30(36)34-27-7-3-5-21(27)10-13-26-17-33-25-6-4-14-40(37,38)35(26)18-25/h8-9,11-12,19-21,23,25-29,33H,3-7,10,13-18,32H2,1-2H3,(H,34,36)/t19-,20+,21-,23?,25-,26+,27+,28?,29+/m1/s1. The van der Waals surface area contributed by atoms with Gasteiger partial charge in [-0.25, -0.2) is 12.8 Å². The van der Waals surface area contributed by atoms with Gasteiger partial charge in [-0.1, -0.05) is 18.6 Å². The Morgan fingerprint density at radius 3 is 2.58 bits per heavy atom. The molecule has 4 fully saturated rings. The molecule has 8 nitrogen and oxygen atoms in total. The molecule has 0 aromatic heterocycles. The van der Waals surface area contributed by atoms with Crippen molar-refractivity contribution in [2.45, 2.75) is 114 Å². The van der Waals surface area contributed by atoms with Crippen LogP contribution in [0.4, 0.5) is 4.39 Å². The number of hydrogen-bond acceptors (Lipinski definition) is 6. The van der Waals surface area contributed by atoms with Crippen LogP contribution in [-0.4, -0.2) is 73.8 Å². The van der Waals surface area contributed by atoms with E-state index in [1.807, 2.05) is 0 Å². The number of sulfonamides is 1. The lowest BCUT2D eigenvalue weighted by Gasteiger charge is -2.39. The molecule has 4 aliphatic rings. The smallest absolute Gasteiger partial charge is 0.237 e. The number of rotatable bonds is 8.